The zero-order chi connectivity index (χ0) is 62.5. The first-order valence-corrected chi connectivity index (χ1v) is 30.6. The van der Waals surface area contributed by atoms with Gasteiger partial charge in [-0.05, 0) is 175 Å². The Kier molecular flexibility index (Phi) is 13.2. The van der Waals surface area contributed by atoms with Crippen LogP contribution in [0.4, 0.5) is 66.7 Å². The third-order valence-corrected chi connectivity index (χ3v) is 21.4. The van der Waals surface area contributed by atoms with Crippen molar-refractivity contribution in [1.29, 1.82) is 0 Å². The summed E-state index contributed by atoms with van der Waals surface area (Å²) in [6.45, 7) is 7.77. The summed E-state index contributed by atoms with van der Waals surface area (Å²) in [4.78, 5) is 2.72. The minimum atomic E-state index is -2.21. The van der Waals surface area contributed by atoms with E-state index >= 15 is 35.1 Å². The molecule has 2 saturated carbocycles. The van der Waals surface area contributed by atoms with Gasteiger partial charge in [0.05, 0.1) is 11.1 Å². The van der Waals surface area contributed by atoms with Crippen molar-refractivity contribution in [3.05, 3.63) is 251 Å². The second kappa shape index (κ2) is 20.7. The van der Waals surface area contributed by atoms with E-state index in [1.54, 1.807) is 12.1 Å². The Hall–Kier alpha value is -9.16. The van der Waals surface area contributed by atoms with Gasteiger partial charge >= 0.3 is 0 Å². The van der Waals surface area contributed by atoms with Crippen LogP contribution in [0.15, 0.2) is 182 Å². The molecule has 11 aromatic rings. The average molecular weight is 1210 g/mol. The first-order valence-electron chi connectivity index (χ1n) is 30.6. The lowest BCUT2D eigenvalue weighted by molar-refractivity contribution is 0.192. The lowest BCUT2D eigenvalue weighted by atomic mass is 9.61. The van der Waals surface area contributed by atoms with Crippen LogP contribution in [0.2, 0.25) is 0 Å². The molecule has 4 unspecified atom stereocenters. The molecule has 0 saturated heterocycles. The van der Waals surface area contributed by atoms with Crippen LogP contribution >= 0.6 is 0 Å². The van der Waals surface area contributed by atoms with E-state index in [2.05, 4.69) is 109 Å². The Balaban J connectivity index is 0.957. The molecule has 2 nitrogen and oxygen atoms in total. The van der Waals surface area contributed by atoms with Gasteiger partial charge in [-0.2, -0.15) is 0 Å². The third-order valence-electron chi connectivity index (χ3n) is 21.4. The molecule has 90 heavy (non-hydrogen) atoms. The summed E-state index contributed by atoms with van der Waals surface area (Å²) in [6.07, 6.45) is 5.05. The summed E-state index contributed by atoms with van der Waals surface area (Å²) in [6, 6.07) is 61.0. The highest BCUT2D eigenvalue weighted by Crippen LogP contribution is 2.64. The predicted octanol–water partition coefficient (Wildman–Crippen LogP) is 22.9. The molecule has 2 aliphatic carbocycles. The van der Waals surface area contributed by atoms with E-state index in [1.165, 1.54) is 9.80 Å². The van der Waals surface area contributed by atoms with Crippen molar-refractivity contribution >= 4 is 44.3 Å². The molecule has 15 rings (SSSR count). The van der Waals surface area contributed by atoms with Crippen LogP contribution in [0.1, 0.15) is 90.2 Å². The summed E-state index contributed by atoms with van der Waals surface area (Å²) in [5.41, 5.74) is 7.73. The van der Waals surface area contributed by atoms with Crippen molar-refractivity contribution in [3.63, 3.8) is 0 Å². The zero-order valence-electron chi connectivity index (χ0n) is 49.7. The van der Waals surface area contributed by atoms with Crippen molar-refractivity contribution in [2.24, 2.45) is 0 Å². The van der Waals surface area contributed by atoms with E-state index in [9.17, 15) is 8.78 Å². The number of hydrogen-bond acceptors (Lipinski definition) is 2. The Morgan fingerprint density at radius 3 is 0.900 bits per heavy atom. The number of halogens is 10. The van der Waals surface area contributed by atoms with Crippen LogP contribution in [0.5, 0.6) is 0 Å². The van der Waals surface area contributed by atoms with E-state index in [-0.39, 0.29) is 0 Å². The lowest BCUT2D eigenvalue weighted by Crippen LogP contribution is -2.55. The molecule has 0 aromatic heterocycles. The first kappa shape index (κ1) is 57.3. The van der Waals surface area contributed by atoms with Gasteiger partial charge in [-0.15, -0.1) is 0 Å². The molecule has 450 valence electrons. The van der Waals surface area contributed by atoms with Crippen molar-refractivity contribution in [1.82, 2.24) is 0 Å². The van der Waals surface area contributed by atoms with Crippen LogP contribution in [0.25, 0.3) is 88.3 Å². The molecule has 0 radical (unpaired) electrons. The maximum Gasteiger partial charge on any atom is 0.200 e. The molecule has 11 aromatic carbocycles. The van der Waals surface area contributed by atoms with Crippen molar-refractivity contribution in [3.8, 4) is 66.8 Å². The minimum Gasteiger partial charge on any atom is -0.329 e. The van der Waals surface area contributed by atoms with Crippen LogP contribution in [-0.4, -0.2) is 11.1 Å². The highest BCUT2D eigenvalue weighted by Gasteiger charge is 2.61. The summed E-state index contributed by atoms with van der Waals surface area (Å²) in [5, 5.41) is 3.66. The van der Waals surface area contributed by atoms with Crippen molar-refractivity contribution in [2.45, 2.75) is 101 Å². The number of rotatable bonds is 8. The maximum absolute atomic E-state index is 16.1. The van der Waals surface area contributed by atoms with Gasteiger partial charge in [0.1, 0.15) is 11.4 Å². The largest absolute Gasteiger partial charge is 0.329 e. The summed E-state index contributed by atoms with van der Waals surface area (Å²) in [5.74, 6) is -19.9. The molecule has 4 atom stereocenters. The Bertz CT molecular complexity index is 4440. The summed E-state index contributed by atoms with van der Waals surface area (Å²) >= 11 is 0. The lowest BCUT2D eigenvalue weighted by Gasteiger charge is -2.50. The van der Waals surface area contributed by atoms with Gasteiger partial charge in [0.25, 0.3) is 0 Å². The fourth-order valence-electron chi connectivity index (χ4n) is 16.2. The van der Waals surface area contributed by atoms with Gasteiger partial charge < -0.3 is 9.80 Å². The average Bonchev–Trinajstić information content (AvgIpc) is 1.52. The zero-order valence-corrected chi connectivity index (χ0v) is 49.7. The molecular weight excluding hydrogens is 1150 g/mol. The van der Waals surface area contributed by atoms with Crippen molar-refractivity contribution < 1.29 is 43.9 Å². The fourth-order valence-corrected chi connectivity index (χ4v) is 16.2. The van der Waals surface area contributed by atoms with Gasteiger partial charge in [-0.25, -0.2) is 43.9 Å². The molecule has 2 fully saturated rings. The monoisotopic (exact) mass is 1210 g/mol. The second-order valence-electron chi connectivity index (χ2n) is 25.8. The topological polar surface area (TPSA) is 6.48 Å². The van der Waals surface area contributed by atoms with Crippen LogP contribution in [0.3, 0.4) is 0 Å². The fraction of sp³-hybridized carbons (Fsp3) is 0.205. The molecule has 2 heterocycles. The smallest absolute Gasteiger partial charge is 0.200 e. The van der Waals surface area contributed by atoms with Crippen LogP contribution in [0, 0.1) is 58.2 Å². The standard InChI is InChI=1S/C78H58F10N2/c1-75-35-11-13-37-77(75,3)89(73-69(85)65(81)63(79)66(82)70(73)86)59-33-29-51(41-57(59)75)49-27-31-53-55(39-49)61(47-23-19-45(20-24-47)43-15-7-5-8-16-43)54-32-28-50(40-56(54)62(53)48-25-21-46(22-26-48)44-17-9-6-10-18-44)52-30-34-60-58(42-52)76(2)36-12-14-38-78(76,4)90(60)74-71(87)67(83)64(80)68(84)72(74)88/h5-10,15-34,39-42H,11-14,35-38H2,1-4H3. The van der Waals surface area contributed by atoms with Crippen molar-refractivity contribution in [2.75, 3.05) is 9.80 Å². The molecule has 4 aliphatic rings. The first-order chi connectivity index (χ1) is 43.3. The minimum absolute atomic E-state index is 0.376. The SMILES string of the molecule is CC12CCCCC1(C)N(c1c(F)c(F)c(F)c(F)c1F)c1ccc(-c3ccc4c(-c5ccc(-c6ccccc6)cc5)c5cc(-c6ccc7c(c6)C6(C)CCCCC6(C)N7c6c(F)c(F)c(F)c(F)c6F)ccc5c(-c5ccc(-c6ccccc6)cc5)c4c3)cc12. The summed E-state index contributed by atoms with van der Waals surface area (Å²) in [7, 11) is 0. The van der Waals surface area contributed by atoms with E-state index < -0.39 is 91.5 Å². The Labute approximate surface area is 514 Å². The number of anilines is 4. The molecule has 2 aliphatic heterocycles. The predicted molar refractivity (Wildman–Crippen MR) is 339 cm³/mol. The van der Waals surface area contributed by atoms with E-state index in [1.807, 2.05) is 88.4 Å². The Morgan fingerprint density at radius 2 is 0.544 bits per heavy atom. The Morgan fingerprint density at radius 1 is 0.267 bits per heavy atom. The summed E-state index contributed by atoms with van der Waals surface area (Å²) < 4.78 is 154. The number of hydrogen-bond donors (Lipinski definition) is 0. The van der Waals surface area contributed by atoms with Crippen LogP contribution in [-0.2, 0) is 10.8 Å². The molecule has 0 spiro atoms. The third kappa shape index (κ3) is 8.10. The molecule has 0 bridgehead atoms. The number of benzene rings is 11. The van der Waals surface area contributed by atoms with Gasteiger partial charge in [-0.1, -0.05) is 185 Å². The van der Waals surface area contributed by atoms with Gasteiger partial charge in [0.2, 0.25) is 11.6 Å². The van der Waals surface area contributed by atoms with E-state index in [0.717, 1.165) is 112 Å². The van der Waals surface area contributed by atoms with Gasteiger partial charge in [-0.3, -0.25) is 0 Å². The van der Waals surface area contributed by atoms with Gasteiger partial charge in [0, 0.05) is 22.2 Å². The molecule has 0 amide bonds. The van der Waals surface area contributed by atoms with E-state index in [0.29, 0.717) is 49.9 Å². The van der Waals surface area contributed by atoms with Crippen LogP contribution < -0.4 is 9.80 Å². The highest BCUT2D eigenvalue weighted by molar-refractivity contribution is 6.22. The molecule has 0 N–H and O–H groups in total. The second-order valence-corrected chi connectivity index (χ2v) is 25.8. The molecule has 12 heteroatoms. The molecular formula is C78H58F10N2. The number of fused-ring (bicyclic) bond motifs is 8. The quantitative estimate of drug-likeness (QED) is 0.0647. The van der Waals surface area contributed by atoms with E-state index in [4.69, 9.17) is 0 Å². The maximum atomic E-state index is 16.1. The highest BCUT2D eigenvalue weighted by atomic mass is 19.2. The normalized spacial score (nSPS) is 21.0. The van der Waals surface area contributed by atoms with Gasteiger partial charge in [0.15, 0.2) is 46.5 Å². The number of nitrogens with zero attached hydrogens (tertiary/aromatic N) is 2.